The van der Waals surface area contributed by atoms with Crippen molar-refractivity contribution in [3.8, 4) is 0 Å². The molecule has 6 nitrogen and oxygen atoms in total. The Balaban J connectivity index is 3.03. The summed E-state index contributed by atoms with van der Waals surface area (Å²) in [5.74, 6) is 0.0275. The molecule has 0 saturated carbocycles. The van der Waals surface area contributed by atoms with E-state index in [-0.39, 0.29) is 22.7 Å². The van der Waals surface area contributed by atoms with E-state index in [9.17, 15) is 4.79 Å². The molecule has 60 valence electrons. The first-order valence-corrected chi connectivity index (χ1v) is 3.16. The van der Waals surface area contributed by atoms with Crippen LogP contribution in [0.25, 0.3) is 11.2 Å². The van der Waals surface area contributed by atoms with Crippen molar-refractivity contribution in [3.05, 3.63) is 23.7 Å². The van der Waals surface area contributed by atoms with E-state index < -0.39 is 0 Å². The summed E-state index contributed by atoms with van der Waals surface area (Å²) in [7, 11) is 5.40. The molecule has 0 unspecified atom stereocenters. The Bertz CT molecular complexity index is 482. The molecule has 0 atom stereocenters. The molecule has 2 heterocycles. The fraction of sp³-hybridized carbons (Fsp3) is 0. The predicted octanol–water partition coefficient (Wildman–Crippen LogP) is -0.782. The topological polar surface area (TPSA) is 89.6 Å². The summed E-state index contributed by atoms with van der Waals surface area (Å²) >= 11 is 0. The number of rotatable bonds is 0. The van der Waals surface area contributed by atoms with Crippen LogP contribution >= 0.6 is 0 Å². The fourth-order valence-corrected chi connectivity index (χ4v) is 0.943. The lowest BCUT2D eigenvalue weighted by atomic mass is 10.5. The maximum atomic E-state index is 11.1. The lowest BCUT2D eigenvalue weighted by molar-refractivity contribution is 1.06. The second kappa shape index (κ2) is 2.07. The molecule has 3 N–H and O–H groups in total. The molecule has 2 radical (unpaired) electrons. The van der Waals surface area contributed by atoms with E-state index in [2.05, 4.69) is 15.0 Å². The van der Waals surface area contributed by atoms with E-state index in [1.165, 1.54) is 6.33 Å². The molecule has 0 fully saturated rings. The minimum Gasteiger partial charge on any atom is -0.369 e. The molecule has 0 aliphatic carbocycles. The minimum atomic E-state index is -0.387. The smallest absolute Gasteiger partial charge is 0.280 e. The molecular weight excluding hydrogens is 158 g/mol. The monoisotopic (exact) mass is 163 g/mol. The summed E-state index contributed by atoms with van der Waals surface area (Å²) in [6.07, 6.45) is 1.30. The van der Waals surface area contributed by atoms with Crippen LogP contribution < -0.4 is 11.3 Å². The molecule has 0 spiro atoms. The van der Waals surface area contributed by atoms with Crippen LogP contribution in [0.2, 0.25) is 0 Å². The SMILES string of the molecule is [CH]n1cnc2c(=O)[nH]c(N)nc21. The number of imidazole rings is 1. The Morgan fingerprint density at radius 1 is 1.67 bits per heavy atom. The molecule has 2 aromatic rings. The number of aromatic amines is 1. The van der Waals surface area contributed by atoms with Crippen LogP contribution in [0.1, 0.15) is 0 Å². The highest BCUT2D eigenvalue weighted by Gasteiger charge is 2.05. The highest BCUT2D eigenvalue weighted by molar-refractivity contribution is 5.70. The highest BCUT2D eigenvalue weighted by Crippen LogP contribution is 2.03. The number of nitrogens with one attached hydrogen (secondary N) is 1. The number of aromatic nitrogens is 4. The summed E-state index contributed by atoms with van der Waals surface area (Å²) in [5.41, 5.74) is 5.36. The van der Waals surface area contributed by atoms with Gasteiger partial charge in [0, 0.05) is 0 Å². The van der Waals surface area contributed by atoms with E-state index >= 15 is 0 Å². The normalized spacial score (nSPS) is 10.8. The quantitative estimate of drug-likeness (QED) is 0.533. The lowest BCUT2D eigenvalue weighted by Crippen LogP contribution is -2.11. The van der Waals surface area contributed by atoms with Gasteiger partial charge in [-0.2, -0.15) is 4.98 Å². The van der Waals surface area contributed by atoms with Crippen molar-refractivity contribution in [2.45, 2.75) is 0 Å². The van der Waals surface area contributed by atoms with Gasteiger partial charge < -0.3 is 10.3 Å². The first kappa shape index (κ1) is 6.84. The van der Waals surface area contributed by atoms with Crippen LogP contribution in [0.5, 0.6) is 0 Å². The van der Waals surface area contributed by atoms with Gasteiger partial charge in [-0.05, 0) is 0 Å². The van der Waals surface area contributed by atoms with E-state index in [4.69, 9.17) is 12.8 Å². The number of H-pyrrole nitrogens is 1. The van der Waals surface area contributed by atoms with E-state index in [0.717, 1.165) is 4.57 Å². The van der Waals surface area contributed by atoms with Gasteiger partial charge in [0.1, 0.15) is 0 Å². The summed E-state index contributed by atoms with van der Waals surface area (Å²) in [5, 5.41) is 0. The van der Waals surface area contributed by atoms with Gasteiger partial charge in [0.25, 0.3) is 5.56 Å². The van der Waals surface area contributed by atoms with Gasteiger partial charge in [-0.25, -0.2) is 4.98 Å². The van der Waals surface area contributed by atoms with Crippen molar-refractivity contribution in [2.24, 2.45) is 0 Å². The van der Waals surface area contributed by atoms with Crippen molar-refractivity contribution in [1.29, 1.82) is 0 Å². The van der Waals surface area contributed by atoms with Gasteiger partial charge in [-0.15, -0.1) is 0 Å². The first-order chi connectivity index (χ1) is 5.68. The van der Waals surface area contributed by atoms with E-state index in [1.807, 2.05) is 0 Å². The van der Waals surface area contributed by atoms with Crippen molar-refractivity contribution in [2.75, 3.05) is 5.73 Å². The van der Waals surface area contributed by atoms with Crippen LogP contribution in [0.4, 0.5) is 5.95 Å². The zero-order chi connectivity index (χ0) is 8.72. The minimum absolute atomic E-state index is 0.0275. The zero-order valence-corrected chi connectivity index (χ0v) is 5.98. The highest BCUT2D eigenvalue weighted by atomic mass is 16.1. The van der Waals surface area contributed by atoms with Crippen LogP contribution in [0.15, 0.2) is 11.1 Å². The third-order valence-corrected chi connectivity index (χ3v) is 1.45. The first-order valence-electron chi connectivity index (χ1n) is 3.16. The molecular formula is C6H5N5O. The molecule has 2 aromatic heterocycles. The number of hydrogen-bond donors (Lipinski definition) is 2. The van der Waals surface area contributed by atoms with Gasteiger partial charge in [0.2, 0.25) is 5.95 Å². The molecule has 0 amide bonds. The number of anilines is 1. The molecule has 2 rings (SSSR count). The van der Waals surface area contributed by atoms with Gasteiger partial charge in [0.05, 0.1) is 13.4 Å². The summed E-state index contributed by atoms with van der Waals surface area (Å²) < 4.78 is 1.14. The van der Waals surface area contributed by atoms with Crippen molar-refractivity contribution >= 4 is 17.1 Å². The number of nitrogen functional groups attached to an aromatic ring is 1. The number of nitrogens with two attached hydrogens (primary N) is 1. The number of fused-ring (bicyclic) bond motifs is 1. The van der Waals surface area contributed by atoms with E-state index in [0.29, 0.717) is 0 Å². The Kier molecular flexibility index (Phi) is 1.18. The largest absolute Gasteiger partial charge is 0.369 e. The third-order valence-electron chi connectivity index (χ3n) is 1.45. The third kappa shape index (κ3) is 0.777. The van der Waals surface area contributed by atoms with Crippen LogP contribution in [0.3, 0.4) is 0 Å². The molecule has 12 heavy (non-hydrogen) atoms. The van der Waals surface area contributed by atoms with Crippen LogP contribution in [0, 0.1) is 7.05 Å². The van der Waals surface area contributed by atoms with Crippen molar-refractivity contribution < 1.29 is 0 Å². The Labute approximate surface area is 67.1 Å². The standard InChI is InChI=1S/C6H5N5O/c1-11-2-8-3-4(11)9-6(7)10-5(3)12/h1-2H,(H3,7,9,10,12). The number of hydrogen-bond acceptors (Lipinski definition) is 4. The summed E-state index contributed by atoms with van der Waals surface area (Å²) in [6, 6.07) is 0. The van der Waals surface area contributed by atoms with Crippen LogP contribution in [-0.4, -0.2) is 19.5 Å². The molecule has 0 bridgehead atoms. The molecule has 6 heteroatoms. The van der Waals surface area contributed by atoms with Gasteiger partial charge in [0.15, 0.2) is 11.2 Å². The zero-order valence-electron chi connectivity index (χ0n) is 5.98. The number of nitrogens with zero attached hydrogens (tertiary/aromatic N) is 3. The summed E-state index contributed by atoms with van der Waals surface area (Å²) in [4.78, 5) is 20.9. The fourth-order valence-electron chi connectivity index (χ4n) is 0.943. The second-order valence-electron chi connectivity index (χ2n) is 2.28. The molecule has 0 aliphatic heterocycles. The maximum absolute atomic E-state index is 11.1. The van der Waals surface area contributed by atoms with Crippen molar-refractivity contribution in [1.82, 2.24) is 19.5 Å². The average Bonchev–Trinajstić information content (AvgIpc) is 2.33. The maximum Gasteiger partial charge on any atom is 0.280 e. The summed E-state index contributed by atoms with van der Waals surface area (Å²) in [6.45, 7) is 0. The van der Waals surface area contributed by atoms with Gasteiger partial charge in [-0.3, -0.25) is 9.78 Å². The Hall–Kier alpha value is -1.85. The molecule has 0 aliphatic rings. The lowest BCUT2D eigenvalue weighted by Gasteiger charge is -1.93. The molecule has 0 aromatic carbocycles. The predicted molar refractivity (Wildman–Crippen MR) is 42.3 cm³/mol. The van der Waals surface area contributed by atoms with Gasteiger partial charge >= 0.3 is 0 Å². The van der Waals surface area contributed by atoms with E-state index in [1.54, 1.807) is 0 Å². The average molecular weight is 163 g/mol. The van der Waals surface area contributed by atoms with Crippen molar-refractivity contribution in [3.63, 3.8) is 0 Å². The second-order valence-corrected chi connectivity index (χ2v) is 2.28. The van der Waals surface area contributed by atoms with Crippen LogP contribution in [-0.2, 0) is 0 Å². The Morgan fingerprint density at radius 2 is 2.42 bits per heavy atom. The Morgan fingerprint density at radius 3 is 3.17 bits per heavy atom. The van der Waals surface area contributed by atoms with Gasteiger partial charge in [-0.1, -0.05) is 0 Å². The molecule has 0 saturated heterocycles.